The largest absolute Gasteiger partial charge is 0.324 e. The molecule has 0 saturated carbocycles. The summed E-state index contributed by atoms with van der Waals surface area (Å²) in [6.45, 7) is 5.64. The van der Waals surface area contributed by atoms with Gasteiger partial charge in [0, 0.05) is 34.6 Å². The van der Waals surface area contributed by atoms with Gasteiger partial charge in [0.15, 0.2) is 0 Å². The standard InChI is InChI=1S/C28H27N5O/c1-18-7-6-8-19(2)25(18)32-27(34)21-11-13-22(14-12-21)30-28-31-24-17-29-16-15-23(24)26(33-28)20-9-4-3-5-10-20/h3-14,29H,15-17H2,1-2H3,(H,32,34)(H,30,31,33). The lowest BCUT2D eigenvalue weighted by Gasteiger charge is -2.20. The first-order valence-electron chi connectivity index (χ1n) is 11.5. The molecule has 0 unspecified atom stereocenters. The number of carbonyl (C=O) groups excluding carboxylic acids is 1. The fraction of sp³-hybridized carbons (Fsp3) is 0.179. The van der Waals surface area contributed by atoms with Crippen molar-refractivity contribution in [2.75, 3.05) is 17.2 Å². The summed E-state index contributed by atoms with van der Waals surface area (Å²) in [5, 5.41) is 9.75. The molecule has 34 heavy (non-hydrogen) atoms. The van der Waals surface area contributed by atoms with Crippen molar-refractivity contribution in [3.8, 4) is 11.3 Å². The molecule has 6 nitrogen and oxygen atoms in total. The Bertz CT molecular complexity index is 1310. The molecule has 0 spiro atoms. The van der Waals surface area contributed by atoms with E-state index in [1.807, 2.05) is 74.5 Å². The van der Waals surface area contributed by atoms with Crippen molar-refractivity contribution >= 4 is 23.2 Å². The quantitative estimate of drug-likeness (QED) is 0.380. The fourth-order valence-corrected chi connectivity index (χ4v) is 4.28. The maximum absolute atomic E-state index is 12.8. The van der Waals surface area contributed by atoms with Gasteiger partial charge >= 0.3 is 0 Å². The number of aryl methyl sites for hydroxylation is 2. The monoisotopic (exact) mass is 449 g/mol. The van der Waals surface area contributed by atoms with E-state index in [1.165, 1.54) is 5.56 Å². The van der Waals surface area contributed by atoms with Crippen molar-refractivity contribution in [3.05, 3.63) is 101 Å². The van der Waals surface area contributed by atoms with Crippen LogP contribution < -0.4 is 16.0 Å². The average molecular weight is 450 g/mol. The number of amides is 1. The third kappa shape index (κ3) is 4.54. The molecule has 3 N–H and O–H groups in total. The highest BCUT2D eigenvalue weighted by atomic mass is 16.1. The second-order valence-corrected chi connectivity index (χ2v) is 8.54. The summed E-state index contributed by atoms with van der Waals surface area (Å²) < 4.78 is 0. The molecule has 2 heterocycles. The predicted octanol–water partition coefficient (Wildman–Crippen LogP) is 5.40. The molecule has 0 saturated heterocycles. The van der Waals surface area contributed by atoms with Gasteiger partial charge in [0.05, 0.1) is 11.4 Å². The molecule has 170 valence electrons. The SMILES string of the molecule is Cc1cccc(C)c1NC(=O)c1ccc(Nc2nc3c(c(-c4ccccc4)n2)CCNC3)cc1. The highest BCUT2D eigenvalue weighted by Crippen LogP contribution is 2.28. The summed E-state index contributed by atoms with van der Waals surface area (Å²) >= 11 is 0. The lowest BCUT2D eigenvalue weighted by Crippen LogP contribution is -2.26. The van der Waals surface area contributed by atoms with E-state index in [0.717, 1.165) is 59.0 Å². The number of rotatable bonds is 5. The molecule has 1 amide bonds. The molecular weight excluding hydrogens is 422 g/mol. The summed E-state index contributed by atoms with van der Waals surface area (Å²) in [6, 6.07) is 23.6. The molecule has 6 heteroatoms. The molecule has 0 radical (unpaired) electrons. The van der Waals surface area contributed by atoms with Crippen LogP contribution in [0.25, 0.3) is 11.3 Å². The molecule has 3 aromatic carbocycles. The smallest absolute Gasteiger partial charge is 0.255 e. The van der Waals surface area contributed by atoms with E-state index in [1.54, 1.807) is 0 Å². The van der Waals surface area contributed by atoms with Crippen LogP contribution >= 0.6 is 0 Å². The van der Waals surface area contributed by atoms with Crippen LogP contribution in [0.4, 0.5) is 17.3 Å². The van der Waals surface area contributed by atoms with E-state index in [4.69, 9.17) is 9.97 Å². The zero-order chi connectivity index (χ0) is 23.5. The maximum atomic E-state index is 12.8. The number of para-hydroxylation sites is 1. The first-order chi connectivity index (χ1) is 16.6. The number of carbonyl (C=O) groups is 1. The zero-order valence-electron chi connectivity index (χ0n) is 19.4. The van der Waals surface area contributed by atoms with Crippen LogP contribution in [0, 0.1) is 13.8 Å². The average Bonchev–Trinajstić information content (AvgIpc) is 2.87. The first-order valence-corrected chi connectivity index (χ1v) is 11.5. The fourth-order valence-electron chi connectivity index (χ4n) is 4.28. The Labute approximate surface area is 199 Å². The third-order valence-corrected chi connectivity index (χ3v) is 6.11. The molecular formula is C28H27N5O. The third-order valence-electron chi connectivity index (χ3n) is 6.11. The van der Waals surface area contributed by atoms with Crippen LogP contribution in [0.15, 0.2) is 72.8 Å². The summed E-state index contributed by atoms with van der Waals surface area (Å²) in [5.41, 5.74) is 8.64. The molecule has 1 aliphatic heterocycles. The molecule has 4 aromatic rings. The number of anilines is 3. The van der Waals surface area contributed by atoms with Gasteiger partial charge in [0.1, 0.15) is 0 Å². The number of benzene rings is 3. The van der Waals surface area contributed by atoms with Crippen LogP contribution in [-0.2, 0) is 13.0 Å². The Kier molecular flexibility index (Phi) is 6.06. The Balaban J connectivity index is 1.37. The van der Waals surface area contributed by atoms with E-state index in [0.29, 0.717) is 11.5 Å². The Morgan fingerprint density at radius 3 is 2.35 bits per heavy atom. The van der Waals surface area contributed by atoms with E-state index >= 15 is 0 Å². The Morgan fingerprint density at radius 2 is 1.62 bits per heavy atom. The van der Waals surface area contributed by atoms with Crippen LogP contribution in [0.2, 0.25) is 0 Å². The summed E-state index contributed by atoms with van der Waals surface area (Å²) in [6.07, 6.45) is 0.907. The minimum atomic E-state index is -0.133. The molecule has 1 aromatic heterocycles. The normalized spacial score (nSPS) is 12.6. The lowest BCUT2D eigenvalue weighted by atomic mass is 9.99. The van der Waals surface area contributed by atoms with Crippen LogP contribution in [-0.4, -0.2) is 22.4 Å². The van der Waals surface area contributed by atoms with E-state index in [2.05, 4.69) is 28.1 Å². The van der Waals surface area contributed by atoms with Gasteiger partial charge in [0.2, 0.25) is 5.95 Å². The summed E-state index contributed by atoms with van der Waals surface area (Å²) in [5.74, 6) is 0.417. The minimum Gasteiger partial charge on any atom is -0.324 e. The van der Waals surface area contributed by atoms with Crippen LogP contribution in [0.3, 0.4) is 0 Å². The van der Waals surface area contributed by atoms with E-state index < -0.39 is 0 Å². The number of nitrogens with one attached hydrogen (secondary N) is 3. The molecule has 0 fully saturated rings. The Morgan fingerprint density at radius 1 is 0.882 bits per heavy atom. The highest BCUT2D eigenvalue weighted by Gasteiger charge is 2.19. The highest BCUT2D eigenvalue weighted by molar-refractivity contribution is 6.05. The topological polar surface area (TPSA) is 78.9 Å². The van der Waals surface area contributed by atoms with Gasteiger partial charge < -0.3 is 16.0 Å². The van der Waals surface area contributed by atoms with Crippen molar-refractivity contribution in [1.29, 1.82) is 0 Å². The summed E-state index contributed by atoms with van der Waals surface area (Å²) in [4.78, 5) is 22.4. The molecule has 1 aliphatic rings. The zero-order valence-corrected chi connectivity index (χ0v) is 19.4. The number of fused-ring (bicyclic) bond motifs is 1. The second-order valence-electron chi connectivity index (χ2n) is 8.54. The number of nitrogens with zero attached hydrogens (tertiary/aromatic N) is 2. The van der Waals surface area contributed by atoms with E-state index in [-0.39, 0.29) is 5.91 Å². The Hall–Kier alpha value is -4.03. The van der Waals surface area contributed by atoms with Crippen LogP contribution in [0.5, 0.6) is 0 Å². The van der Waals surface area contributed by atoms with Crippen molar-refractivity contribution < 1.29 is 4.79 Å². The van der Waals surface area contributed by atoms with Crippen molar-refractivity contribution in [2.24, 2.45) is 0 Å². The first kappa shape index (κ1) is 21.8. The van der Waals surface area contributed by atoms with Gasteiger partial charge in [-0.3, -0.25) is 4.79 Å². The molecule has 0 atom stereocenters. The van der Waals surface area contributed by atoms with Gasteiger partial charge in [-0.1, -0.05) is 48.5 Å². The molecule has 0 bridgehead atoms. The van der Waals surface area contributed by atoms with Gasteiger partial charge in [-0.25, -0.2) is 9.97 Å². The second kappa shape index (κ2) is 9.45. The number of hydrogen-bond acceptors (Lipinski definition) is 5. The van der Waals surface area contributed by atoms with Crippen molar-refractivity contribution in [2.45, 2.75) is 26.8 Å². The van der Waals surface area contributed by atoms with Gasteiger partial charge in [-0.15, -0.1) is 0 Å². The van der Waals surface area contributed by atoms with Gasteiger partial charge in [-0.2, -0.15) is 0 Å². The van der Waals surface area contributed by atoms with E-state index in [9.17, 15) is 4.79 Å². The maximum Gasteiger partial charge on any atom is 0.255 e. The molecule has 0 aliphatic carbocycles. The number of aromatic nitrogens is 2. The predicted molar refractivity (Wildman–Crippen MR) is 136 cm³/mol. The van der Waals surface area contributed by atoms with Gasteiger partial charge in [0.25, 0.3) is 5.91 Å². The lowest BCUT2D eigenvalue weighted by molar-refractivity contribution is 0.102. The van der Waals surface area contributed by atoms with Gasteiger partial charge in [-0.05, 0) is 62.2 Å². The summed E-state index contributed by atoms with van der Waals surface area (Å²) in [7, 11) is 0. The van der Waals surface area contributed by atoms with Crippen molar-refractivity contribution in [3.63, 3.8) is 0 Å². The number of hydrogen-bond donors (Lipinski definition) is 3. The molecule has 5 rings (SSSR count). The van der Waals surface area contributed by atoms with Crippen LogP contribution in [0.1, 0.15) is 32.7 Å². The minimum absolute atomic E-state index is 0.133. The van der Waals surface area contributed by atoms with Crippen molar-refractivity contribution in [1.82, 2.24) is 15.3 Å².